The van der Waals surface area contributed by atoms with E-state index in [1.165, 1.54) is 5.56 Å². The van der Waals surface area contributed by atoms with E-state index in [0.29, 0.717) is 38.5 Å². The quantitative estimate of drug-likeness (QED) is 0.493. The van der Waals surface area contributed by atoms with E-state index in [1.807, 2.05) is 29.1 Å². The molecule has 1 aromatic heterocycles. The molecule has 2 heterocycles. The van der Waals surface area contributed by atoms with Crippen LogP contribution in [0.1, 0.15) is 43.2 Å². The molecule has 1 aliphatic heterocycles. The topological polar surface area (TPSA) is 48.8 Å². The molecular weight excluding hydrogens is 422 g/mol. The summed E-state index contributed by atoms with van der Waals surface area (Å²) in [7, 11) is 3.57. The van der Waals surface area contributed by atoms with Crippen molar-refractivity contribution in [2.45, 2.75) is 32.1 Å². The number of likely N-dealkylation sites (tertiary alicyclic amines) is 1. The summed E-state index contributed by atoms with van der Waals surface area (Å²) in [6.45, 7) is 3.49. The molecule has 3 rings (SSSR count). The third-order valence-electron chi connectivity index (χ3n) is 6.62. The van der Waals surface area contributed by atoms with Gasteiger partial charge in [-0.05, 0) is 49.9 Å². The van der Waals surface area contributed by atoms with E-state index in [1.54, 1.807) is 13.2 Å². The first-order chi connectivity index (χ1) is 16.0. The number of rotatable bonds is 10. The van der Waals surface area contributed by atoms with Crippen LogP contribution in [0.2, 0.25) is 0 Å². The van der Waals surface area contributed by atoms with Crippen LogP contribution in [0.25, 0.3) is 10.9 Å². The Hall–Kier alpha value is -2.41. The molecule has 1 aliphatic rings. The van der Waals surface area contributed by atoms with Gasteiger partial charge in [-0.2, -0.15) is 0 Å². The van der Waals surface area contributed by atoms with Crippen molar-refractivity contribution in [1.29, 1.82) is 0 Å². The number of hydrogen-bond acceptors (Lipinski definition) is 4. The van der Waals surface area contributed by atoms with E-state index >= 15 is 0 Å². The van der Waals surface area contributed by atoms with Gasteiger partial charge in [0.15, 0.2) is 0 Å². The second kappa shape index (κ2) is 12.2. The molecule has 7 heteroatoms. The molecule has 1 amide bonds. The van der Waals surface area contributed by atoms with Crippen LogP contribution >= 0.6 is 0 Å². The predicted molar refractivity (Wildman–Crippen MR) is 131 cm³/mol. The third kappa shape index (κ3) is 6.56. The fraction of sp³-hybridized carbons (Fsp3) is 0.577. The number of halogens is 2. The average molecular weight is 459 g/mol. The number of carbonyl (C=O) groups is 1. The Morgan fingerprint density at radius 2 is 2.12 bits per heavy atom. The highest BCUT2D eigenvalue weighted by atomic mass is 19.1. The first-order valence-electron chi connectivity index (χ1n) is 11.8. The van der Waals surface area contributed by atoms with E-state index in [0.717, 1.165) is 22.9 Å². The molecule has 1 fully saturated rings. The van der Waals surface area contributed by atoms with E-state index < -0.39 is 13.3 Å². The molecule has 2 aromatic rings. The van der Waals surface area contributed by atoms with Crippen LogP contribution in [0.4, 0.5) is 8.78 Å². The number of hydrogen-bond donors (Lipinski definition) is 0. The summed E-state index contributed by atoms with van der Waals surface area (Å²) >= 11 is 0. The maximum atomic E-state index is 13.6. The van der Waals surface area contributed by atoms with Crippen LogP contribution in [-0.4, -0.2) is 80.5 Å². The minimum atomic E-state index is -0.529. The van der Waals surface area contributed by atoms with E-state index in [9.17, 15) is 13.6 Å². The Balaban J connectivity index is 1.73. The maximum Gasteiger partial charge on any atom is 0.222 e. The lowest BCUT2D eigenvalue weighted by atomic mass is 9.83. The van der Waals surface area contributed by atoms with E-state index in [4.69, 9.17) is 0 Å². The standard InChI is InChI=1S/C26H36F2N4O/c1-19-13-22(23-7-6-21(16-29-2)26-24(23)5-4-10-30-26)18-32(17-19)25(33)14-20(15-28)8-11-31(3)12-9-27/h4-7,10,16,19-20,22H,8-9,11-15,17-18H2,1-3H3/t19-,20-,22+/m1/s1. The molecule has 0 aliphatic carbocycles. The smallest absolute Gasteiger partial charge is 0.222 e. The van der Waals surface area contributed by atoms with Gasteiger partial charge in [-0.3, -0.25) is 19.2 Å². The number of fused-ring (bicyclic) bond motifs is 1. The Morgan fingerprint density at radius 1 is 1.30 bits per heavy atom. The SMILES string of the molecule is CN=Cc1ccc([C@H]2C[C@@H](C)CN(C(=O)C[C@H](CF)CCN(C)CCF)C2)c2cccnc12. The number of benzene rings is 1. The van der Waals surface area contributed by atoms with Gasteiger partial charge in [-0.1, -0.05) is 25.1 Å². The molecule has 1 saturated heterocycles. The lowest BCUT2D eigenvalue weighted by Gasteiger charge is -2.38. The molecule has 0 bridgehead atoms. The van der Waals surface area contributed by atoms with Crippen molar-refractivity contribution in [2.75, 3.05) is 53.6 Å². The summed E-state index contributed by atoms with van der Waals surface area (Å²) in [5.41, 5.74) is 3.11. The predicted octanol–water partition coefficient (Wildman–Crippen LogP) is 4.50. The van der Waals surface area contributed by atoms with Crippen LogP contribution < -0.4 is 0 Å². The Bertz CT molecular complexity index is 951. The van der Waals surface area contributed by atoms with Gasteiger partial charge in [0.1, 0.15) is 6.67 Å². The lowest BCUT2D eigenvalue weighted by Crippen LogP contribution is -2.43. The summed E-state index contributed by atoms with van der Waals surface area (Å²) in [6.07, 6.45) is 5.37. The summed E-state index contributed by atoms with van der Waals surface area (Å²) < 4.78 is 26.1. The lowest BCUT2D eigenvalue weighted by molar-refractivity contribution is -0.134. The molecule has 0 spiro atoms. The van der Waals surface area contributed by atoms with Gasteiger partial charge in [0.05, 0.1) is 12.2 Å². The number of aliphatic imine (C=N–C) groups is 1. The first-order valence-corrected chi connectivity index (χ1v) is 11.8. The molecule has 1 aromatic carbocycles. The van der Waals surface area contributed by atoms with Crippen LogP contribution in [0, 0.1) is 11.8 Å². The summed E-state index contributed by atoms with van der Waals surface area (Å²) in [5, 5.41) is 1.10. The number of amides is 1. The van der Waals surface area contributed by atoms with Crippen molar-refractivity contribution in [2.24, 2.45) is 16.8 Å². The number of pyridine rings is 1. The van der Waals surface area contributed by atoms with E-state index in [-0.39, 0.29) is 24.2 Å². The molecule has 0 N–H and O–H groups in total. The average Bonchev–Trinajstić information content (AvgIpc) is 2.81. The highest BCUT2D eigenvalue weighted by Crippen LogP contribution is 2.35. The molecule has 3 atom stereocenters. The molecule has 5 nitrogen and oxygen atoms in total. The van der Waals surface area contributed by atoms with Gasteiger partial charge in [0.25, 0.3) is 0 Å². The number of alkyl halides is 2. The van der Waals surface area contributed by atoms with Gasteiger partial charge in [0.2, 0.25) is 5.91 Å². The molecule has 0 saturated carbocycles. The molecule has 180 valence electrons. The van der Waals surface area contributed by atoms with Gasteiger partial charge < -0.3 is 9.80 Å². The van der Waals surface area contributed by atoms with Gasteiger partial charge >= 0.3 is 0 Å². The summed E-state index contributed by atoms with van der Waals surface area (Å²) in [5.74, 6) is 0.250. The number of piperidine rings is 1. The fourth-order valence-corrected chi connectivity index (χ4v) is 4.87. The van der Waals surface area contributed by atoms with Crippen LogP contribution in [-0.2, 0) is 4.79 Å². The summed E-state index contributed by atoms with van der Waals surface area (Å²) in [4.78, 5) is 25.6. The second-order valence-corrected chi connectivity index (χ2v) is 9.37. The van der Waals surface area contributed by atoms with Crippen molar-refractivity contribution < 1.29 is 13.6 Å². The third-order valence-corrected chi connectivity index (χ3v) is 6.62. The van der Waals surface area contributed by atoms with Gasteiger partial charge in [-0.25, -0.2) is 4.39 Å². The Morgan fingerprint density at radius 3 is 2.85 bits per heavy atom. The monoisotopic (exact) mass is 458 g/mol. The zero-order valence-corrected chi connectivity index (χ0v) is 20.0. The number of nitrogens with zero attached hydrogens (tertiary/aromatic N) is 4. The highest BCUT2D eigenvalue weighted by Gasteiger charge is 2.31. The minimum Gasteiger partial charge on any atom is -0.342 e. The van der Waals surface area contributed by atoms with Crippen LogP contribution in [0.3, 0.4) is 0 Å². The molecule has 0 unspecified atom stereocenters. The second-order valence-electron chi connectivity index (χ2n) is 9.37. The number of aromatic nitrogens is 1. The molecule has 33 heavy (non-hydrogen) atoms. The van der Waals surface area contributed by atoms with Crippen molar-refractivity contribution >= 4 is 23.0 Å². The van der Waals surface area contributed by atoms with Crippen molar-refractivity contribution in [3.63, 3.8) is 0 Å². The minimum absolute atomic E-state index is 0.0134. The van der Waals surface area contributed by atoms with Crippen LogP contribution in [0.15, 0.2) is 35.5 Å². The van der Waals surface area contributed by atoms with Crippen molar-refractivity contribution in [1.82, 2.24) is 14.8 Å². The van der Waals surface area contributed by atoms with Gasteiger partial charge in [0, 0.05) is 62.4 Å². The van der Waals surface area contributed by atoms with Crippen molar-refractivity contribution in [3.8, 4) is 0 Å². The molecule has 0 radical (unpaired) electrons. The normalized spacial score (nSPS) is 20.1. The van der Waals surface area contributed by atoms with Crippen LogP contribution in [0.5, 0.6) is 0 Å². The first kappa shape index (κ1) is 25.2. The van der Waals surface area contributed by atoms with E-state index in [2.05, 4.69) is 35.1 Å². The largest absolute Gasteiger partial charge is 0.342 e. The Kier molecular flexibility index (Phi) is 9.30. The zero-order valence-electron chi connectivity index (χ0n) is 20.0. The summed E-state index contributed by atoms with van der Waals surface area (Å²) in [6, 6.07) is 8.22. The zero-order chi connectivity index (χ0) is 23.8. The van der Waals surface area contributed by atoms with Gasteiger partial charge in [-0.15, -0.1) is 0 Å². The number of carbonyl (C=O) groups excluding carboxylic acids is 1. The maximum absolute atomic E-state index is 13.6. The molecular formula is C26H36F2N4O. The van der Waals surface area contributed by atoms with Crippen molar-refractivity contribution in [3.05, 3.63) is 41.6 Å². The highest BCUT2D eigenvalue weighted by molar-refractivity contribution is 5.99. The Labute approximate surface area is 195 Å². The fourth-order valence-electron chi connectivity index (χ4n) is 4.87.